The normalized spacial score (nSPS) is 11.2. The van der Waals surface area contributed by atoms with Gasteiger partial charge in [0.2, 0.25) is 0 Å². The number of hydrogen-bond donors (Lipinski definition) is 1. The van der Waals surface area contributed by atoms with Crippen molar-refractivity contribution in [1.82, 2.24) is 19.9 Å². The molecule has 0 amide bonds. The Morgan fingerprint density at radius 2 is 1.52 bits per heavy atom. The Bertz CT molecular complexity index is 1240. The van der Waals surface area contributed by atoms with Gasteiger partial charge < -0.3 is 4.98 Å². The third-order valence-electron chi connectivity index (χ3n) is 4.41. The second kappa shape index (κ2) is 5.15. The quantitative estimate of drug-likeness (QED) is 0.370. The van der Waals surface area contributed by atoms with Crippen LogP contribution in [0.1, 0.15) is 5.56 Å². The summed E-state index contributed by atoms with van der Waals surface area (Å²) in [5.74, 6) is 3.48. The van der Waals surface area contributed by atoms with Gasteiger partial charge >= 0.3 is 0 Å². The predicted octanol–water partition coefficient (Wildman–Crippen LogP) is 4.31. The number of fused-ring (bicyclic) bond motifs is 6. The number of rotatable bonds is 1. The highest BCUT2D eigenvalue weighted by Crippen LogP contribution is 2.33. The molecule has 25 heavy (non-hydrogen) atoms. The Hall–Kier alpha value is -3.71. The second-order valence-electron chi connectivity index (χ2n) is 5.80. The molecule has 116 valence electrons. The van der Waals surface area contributed by atoms with Crippen LogP contribution in [-0.4, -0.2) is 19.9 Å². The van der Waals surface area contributed by atoms with Gasteiger partial charge in [-0.15, -0.1) is 6.42 Å². The summed E-state index contributed by atoms with van der Waals surface area (Å²) in [5.41, 5.74) is 5.28. The van der Waals surface area contributed by atoms with Crippen molar-refractivity contribution in [2.45, 2.75) is 0 Å². The summed E-state index contributed by atoms with van der Waals surface area (Å²) < 4.78 is 0. The zero-order valence-corrected chi connectivity index (χ0v) is 13.2. The molecule has 0 bridgehead atoms. The summed E-state index contributed by atoms with van der Waals surface area (Å²) in [6, 6.07) is 15.7. The number of hydrogen-bond acceptors (Lipinski definition) is 3. The van der Waals surface area contributed by atoms with Crippen molar-refractivity contribution in [3.8, 4) is 23.7 Å². The van der Waals surface area contributed by atoms with Crippen molar-refractivity contribution >= 4 is 32.8 Å². The molecule has 4 nitrogen and oxygen atoms in total. The highest BCUT2D eigenvalue weighted by molar-refractivity contribution is 6.21. The minimum absolute atomic E-state index is 0.755. The summed E-state index contributed by atoms with van der Waals surface area (Å²) in [7, 11) is 0. The van der Waals surface area contributed by atoms with E-state index in [2.05, 4.69) is 20.9 Å². The first kappa shape index (κ1) is 13.7. The molecule has 1 N–H and O–H groups in total. The van der Waals surface area contributed by atoms with Gasteiger partial charge in [-0.25, -0.2) is 4.98 Å². The van der Waals surface area contributed by atoms with Gasteiger partial charge in [-0.1, -0.05) is 18.1 Å². The standard InChI is InChI=1S/C21H12N4/c1-2-13-7-3-4-8-14(13)21-24-19-15-9-5-11-22-17(15)18-16(20(19)25-21)10-6-12-23-18/h1,3-12H,(H,24,25). The number of imidazole rings is 1. The van der Waals surface area contributed by atoms with Gasteiger partial charge in [0, 0.05) is 34.3 Å². The SMILES string of the molecule is C#Cc1ccccc1-c1nc2c3cccnc3c3ncccc3c2[nH]1. The van der Waals surface area contributed by atoms with Crippen LogP contribution in [0.4, 0.5) is 0 Å². The molecule has 2 aromatic carbocycles. The molecule has 0 aliphatic rings. The van der Waals surface area contributed by atoms with E-state index in [1.807, 2.05) is 48.5 Å². The predicted molar refractivity (Wildman–Crippen MR) is 100 cm³/mol. The first-order valence-electron chi connectivity index (χ1n) is 7.94. The Labute approximate surface area is 143 Å². The van der Waals surface area contributed by atoms with Gasteiger partial charge in [0.25, 0.3) is 0 Å². The molecule has 0 spiro atoms. The van der Waals surface area contributed by atoms with E-state index in [0.717, 1.165) is 49.8 Å². The minimum Gasteiger partial charge on any atom is -0.337 e. The average Bonchev–Trinajstić information content (AvgIpc) is 3.14. The van der Waals surface area contributed by atoms with Crippen LogP contribution < -0.4 is 0 Å². The lowest BCUT2D eigenvalue weighted by Crippen LogP contribution is -1.86. The van der Waals surface area contributed by atoms with Crippen LogP contribution in [0.5, 0.6) is 0 Å². The van der Waals surface area contributed by atoms with Crippen LogP contribution in [0.15, 0.2) is 60.9 Å². The Balaban J connectivity index is 1.97. The van der Waals surface area contributed by atoms with Crippen LogP contribution in [-0.2, 0) is 0 Å². The maximum atomic E-state index is 5.65. The number of H-pyrrole nitrogens is 1. The molecule has 4 heteroatoms. The van der Waals surface area contributed by atoms with Crippen LogP contribution in [0.25, 0.3) is 44.2 Å². The molecule has 5 aromatic rings. The molecule has 0 saturated carbocycles. The zero-order valence-electron chi connectivity index (χ0n) is 13.2. The average molecular weight is 320 g/mol. The van der Waals surface area contributed by atoms with E-state index in [4.69, 9.17) is 11.4 Å². The van der Waals surface area contributed by atoms with Crippen molar-refractivity contribution in [3.05, 3.63) is 66.5 Å². The third kappa shape index (κ3) is 1.93. The molecule has 0 saturated heterocycles. The Morgan fingerprint density at radius 1 is 0.800 bits per heavy atom. The van der Waals surface area contributed by atoms with Gasteiger partial charge in [-0.05, 0) is 36.4 Å². The Kier molecular flexibility index (Phi) is 2.82. The summed E-state index contributed by atoms with van der Waals surface area (Å²) >= 11 is 0. The van der Waals surface area contributed by atoms with Crippen LogP contribution >= 0.6 is 0 Å². The first-order valence-corrected chi connectivity index (χ1v) is 7.94. The number of nitrogens with one attached hydrogen (secondary N) is 1. The molecule has 3 heterocycles. The lowest BCUT2D eigenvalue weighted by atomic mass is 10.1. The highest BCUT2D eigenvalue weighted by Gasteiger charge is 2.15. The van der Waals surface area contributed by atoms with Crippen molar-refractivity contribution in [1.29, 1.82) is 0 Å². The van der Waals surface area contributed by atoms with Crippen molar-refractivity contribution < 1.29 is 0 Å². The van der Waals surface area contributed by atoms with Gasteiger partial charge in [-0.3, -0.25) is 9.97 Å². The van der Waals surface area contributed by atoms with Crippen molar-refractivity contribution in [2.75, 3.05) is 0 Å². The van der Waals surface area contributed by atoms with E-state index < -0.39 is 0 Å². The molecule has 5 rings (SSSR count). The number of benzene rings is 2. The fraction of sp³-hybridized carbons (Fsp3) is 0. The number of aromatic amines is 1. The highest BCUT2D eigenvalue weighted by atomic mass is 14.9. The number of pyridine rings is 2. The van der Waals surface area contributed by atoms with E-state index >= 15 is 0 Å². The van der Waals surface area contributed by atoms with E-state index in [1.165, 1.54) is 0 Å². The molecular weight excluding hydrogens is 308 g/mol. The maximum absolute atomic E-state index is 5.65. The minimum atomic E-state index is 0.755. The van der Waals surface area contributed by atoms with Crippen LogP contribution in [0, 0.1) is 12.3 Å². The largest absolute Gasteiger partial charge is 0.337 e. The monoisotopic (exact) mass is 320 g/mol. The maximum Gasteiger partial charge on any atom is 0.139 e. The van der Waals surface area contributed by atoms with E-state index in [0.29, 0.717) is 0 Å². The second-order valence-corrected chi connectivity index (χ2v) is 5.80. The molecular formula is C21H12N4. The zero-order chi connectivity index (χ0) is 16.8. The molecule has 0 radical (unpaired) electrons. The summed E-state index contributed by atoms with van der Waals surface area (Å²) in [4.78, 5) is 17.4. The van der Waals surface area contributed by atoms with Gasteiger partial charge in [-0.2, -0.15) is 0 Å². The van der Waals surface area contributed by atoms with E-state index in [-0.39, 0.29) is 0 Å². The molecule has 3 aromatic heterocycles. The lowest BCUT2D eigenvalue weighted by molar-refractivity contribution is 1.33. The van der Waals surface area contributed by atoms with Crippen molar-refractivity contribution in [3.63, 3.8) is 0 Å². The fourth-order valence-corrected chi connectivity index (χ4v) is 3.29. The Morgan fingerprint density at radius 3 is 2.32 bits per heavy atom. The molecule has 0 unspecified atom stereocenters. The van der Waals surface area contributed by atoms with Crippen molar-refractivity contribution in [2.24, 2.45) is 0 Å². The van der Waals surface area contributed by atoms with Gasteiger partial charge in [0.05, 0.1) is 22.1 Å². The fourth-order valence-electron chi connectivity index (χ4n) is 3.29. The van der Waals surface area contributed by atoms with E-state index in [1.54, 1.807) is 12.4 Å². The molecule has 0 aliphatic heterocycles. The summed E-state index contributed by atoms with van der Waals surface area (Å²) in [6.07, 6.45) is 9.22. The van der Waals surface area contributed by atoms with Gasteiger partial charge in [0.15, 0.2) is 0 Å². The smallest absolute Gasteiger partial charge is 0.139 e. The topological polar surface area (TPSA) is 54.5 Å². The summed E-state index contributed by atoms with van der Waals surface area (Å²) in [6.45, 7) is 0. The van der Waals surface area contributed by atoms with Gasteiger partial charge in [0.1, 0.15) is 5.82 Å². The molecule has 0 aliphatic carbocycles. The molecule has 0 fully saturated rings. The summed E-state index contributed by atoms with van der Waals surface area (Å²) in [5, 5.41) is 1.98. The number of terminal acetylenes is 1. The number of aromatic nitrogens is 4. The first-order chi connectivity index (χ1) is 12.4. The van der Waals surface area contributed by atoms with E-state index in [9.17, 15) is 0 Å². The molecule has 0 atom stereocenters. The van der Waals surface area contributed by atoms with Crippen LogP contribution in [0.2, 0.25) is 0 Å². The van der Waals surface area contributed by atoms with Crippen LogP contribution in [0.3, 0.4) is 0 Å². The number of nitrogens with zero attached hydrogens (tertiary/aromatic N) is 3. The lowest BCUT2D eigenvalue weighted by Gasteiger charge is -2.03. The third-order valence-corrected chi connectivity index (χ3v) is 4.41.